The van der Waals surface area contributed by atoms with Crippen molar-refractivity contribution in [1.82, 2.24) is 14.9 Å². The van der Waals surface area contributed by atoms with Crippen LogP contribution in [0, 0.1) is 23.2 Å². The number of carbonyl (C=O) groups is 1. The first-order valence-electron chi connectivity index (χ1n) is 11.7. The summed E-state index contributed by atoms with van der Waals surface area (Å²) in [6.45, 7) is 10.5. The Balaban J connectivity index is 1.73. The van der Waals surface area contributed by atoms with Crippen molar-refractivity contribution < 1.29 is 4.79 Å². The van der Waals surface area contributed by atoms with Crippen molar-refractivity contribution in [3.63, 3.8) is 0 Å². The lowest BCUT2D eigenvalue weighted by Gasteiger charge is -2.32. The summed E-state index contributed by atoms with van der Waals surface area (Å²) >= 11 is 0. The number of hydrogen-bond donors (Lipinski definition) is 0. The van der Waals surface area contributed by atoms with Crippen LogP contribution in [0.25, 0.3) is 22.3 Å². The Morgan fingerprint density at radius 2 is 1.85 bits per heavy atom. The number of carbonyl (C=O) groups excluding carboxylic acids is 1. The molecule has 33 heavy (non-hydrogen) atoms. The van der Waals surface area contributed by atoms with Gasteiger partial charge in [0.1, 0.15) is 5.69 Å². The molecule has 1 fully saturated rings. The predicted octanol–water partition coefficient (Wildman–Crippen LogP) is 4.89. The monoisotopic (exact) mass is 441 g/mol. The summed E-state index contributed by atoms with van der Waals surface area (Å²) in [5, 5.41) is 9.39. The molecule has 1 aromatic heterocycles. The van der Waals surface area contributed by atoms with Crippen molar-refractivity contribution in [3.05, 3.63) is 54.1 Å². The summed E-state index contributed by atoms with van der Waals surface area (Å²) in [4.78, 5) is 27.3. The molecule has 1 aliphatic rings. The van der Waals surface area contributed by atoms with Gasteiger partial charge in [0, 0.05) is 31.1 Å². The first-order chi connectivity index (χ1) is 15.9. The van der Waals surface area contributed by atoms with Gasteiger partial charge in [-0.1, -0.05) is 52.0 Å². The highest BCUT2D eigenvalue weighted by molar-refractivity contribution is 5.84. The van der Waals surface area contributed by atoms with E-state index in [1.165, 1.54) is 0 Å². The largest absolute Gasteiger partial charge is 0.353 e. The fourth-order valence-electron chi connectivity index (χ4n) is 4.47. The van der Waals surface area contributed by atoms with Gasteiger partial charge in [-0.3, -0.25) is 4.79 Å². The van der Waals surface area contributed by atoms with Gasteiger partial charge in [0.2, 0.25) is 5.91 Å². The molecule has 6 heteroatoms. The highest BCUT2D eigenvalue weighted by Gasteiger charge is 2.34. The van der Waals surface area contributed by atoms with Crippen LogP contribution in [0.1, 0.15) is 39.7 Å². The number of anilines is 1. The first kappa shape index (κ1) is 22.7. The summed E-state index contributed by atoms with van der Waals surface area (Å²) in [5.41, 5.74) is 3.91. The average molecular weight is 442 g/mol. The molecule has 1 amide bonds. The van der Waals surface area contributed by atoms with E-state index in [1.807, 2.05) is 56.3 Å². The van der Waals surface area contributed by atoms with E-state index < -0.39 is 0 Å². The molecule has 0 N–H and O–H groups in total. The van der Waals surface area contributed by atoms with Crippen molar-refractivity contribution >= 4 is 22.8 Å². The zero-order valence-electron chi connectivity index (χ0n) is 19.8. The van der Waals surface area contributed by atoms with E-state index in [2.05, 4.69) is 29.7 Å². The zero-order valence-corrected chi connectivity index (χ0v) is 19.8. The number of benzene rings is 2. The molecule has 0 radical (unpaired) electrons. The molecule has 1 saturated heterocycles. The Bertz CT molecular complexity index is 1200. The van der Waals surface area contributed by atoms with Crippen molar-refractivity contribution in [2.45, 2.75) is 40.2 Å². The van der Waals surface area contributed by atoms with Gasteiger partial charge in [0.05, 0.1) is 28.7 Å². The maximum absolute atomic E-state index is 13.0. The van der Waals surface area contributed by atoms with E-state index in [0.29, 0.717) is 11.5 Å². The molecule has 0 aliphatic carbocycles. The Kier molecular flexibility index (Phi) is 6.60. The second-order valence-corrected chi connectivity index (χ2v) is 9.50. The lowest BCUT2D eigenvalue weighted by molar-refractivity contribution is -0.137. The van der Waals surface area contributed by atoms with Gasteiger partial charge in [-0.05, 0) is 36.6 Å². The third-order valence-electron chi connectivity index (χ3n) is 6.06. The topological polar surface area (TPSA) is 73.1 Å². The minimum absolute atomic E-state index is 0.0254. The second-order valence-electron chi connectivity index (χ2n) is 9.50. The number of nitriles is 1. The number of rotatable bonds is 6. The van der Waals surface area contributed by atoms with Gasteiger partial charge < -0.3 is 9.80 Å². The molecule has 1 aliphatic heterocycles. The van der Waals surface area contributed by atoms with Gasteiger partial charge in [-0.2, -0.15) is 5.26 Å². The lowest BCUT2D eigenvalue weighted by atomic mass is 10.1. The van der Waals surface area contributed by atoms with Crippen LogP contribution in [0.4, 0.5) is 5.82 Å². The molecule has 6 nitrogen and oxygen atoms in total. The number of hydrogen-bond acceptors (Lipinski definition) is 5. The standard InChI is InChI=1S/C27H31N5O/c1-18(2)16-32(27(33)19(3)4)22-12-13-31(17-22)26-25(21-9-7-8-20(14-21)15-28)29-23-10-5-6-11-24(23)30-26/h5-11,14,18-19,22H,12-13,16-17H2,1-4H3. The zero-order chi connectivity index (χ0) is 23.5. The van der Waals surface area contributed by atoms with Gasteiger partial charge in [0.25, 0.3) is 0 Å². The molecule has 2 aromatic carbocycles. The van der Waals surface area contributed by atoms with E-state index in [9.17, 15) is 10.1 Å². The Morgan fingerprint density at radius 1 is 1.12 bits per heavy atom. The minimum Gasteiger partial charge on any atom is -0.353 e. The second kappa shape index (κ2) is 9.58. The lowest BCUT2D eigenvalue weighted by Crippen LogP contribution is -2.45. The highest BCUT2D eigenvalue weighted by Crippen LogP contribution is 2.33. The van der Waals surface area contributed by atoms with Gasteiger partial charge in [0.15, 0.2) is 5.82 Å². The van der Waals surface area contributed by atoms with E-state index in [0.717, 1.165) is 54.2 Å². The van der Waals surface area contributed by atoms with E-state index in [-0.39, 0.29) is 17.9 Å². The van der Waals surface area contributed by atoms with Gasteiger partial charge in [-0.25, -0.2) is 9.97 Å². The molecule has 1 atom stereocenters. The van der Waals surface area contributed by atoms with Crippen LogP contribution in [0.5, 0.6) is 0 Å². The average Bonchev–Trinajstić information content (AvgIpc) is 3.31. The number of amides is 1. The van der Waals surface area contributed by atoms with Gasteiger partial charge in [-0.15, -0.1) is 0 Å². The van der Waals surface area contributed by atoms with Crippen LogP contribution in [0.15, 0.2) is 48.5 Å². The Hall–Kier alpha value is -3.46. The summed E-state index contributed by atoms with van der Waals surface area (Å²) < 4.78 is 0. The molecule has 2 heterocycles. The summed E-state index contributed by atoms with van der Waals surface area (Å²) in [7, 11) is 0. The van der Waals surface area contributed by atoms with Gasteiger partial charge >= 0.3 is 0 Å². The highest BCUT2D eigenvalue weighted by atomic mass is 16.2. The maximum atomic E-state index is 13.0. The molecular formula is C27H31N5O. The molecule has 0 bridgehead atoms. The number of para-hydroxylation sites is 2. The van der Waals surface area contributed by atoms with Crippen LogP contribution in [0.2, 0.25) is 0 Å². The maximum Gasteiger partial charge on any atom is 0.225 e. The van der Waals surface area contributed by atoms with Crippen LogP contribution >= 0.6 is 0 Å². The minimum atomic E-state index is -0.0254. The van der Waals surface area contributed by atoms with Crippen molar-refractivity contribution in [2.75, 3.05) is 24.5 Å². The smallest absolute Gasteiger partial charge is 0.225 e. The number of fused-ring (bicyclic) bond motifs is 1. The molecule has 0 spiro atoms. The number of nitrogens with zero attached hydrogens (tertiary/aromatic N) is 5. The predicted molar refractivity (Wildman–Crippen MR) is 132 cm³/mol. The number of aromatic nitrogens is 2. The van der Waals surface area contributed by atoms with E-state index >= 15 is 0 Å². The van der Waals surface area contributed by atoms with E-state index in [1.54, 1.807) is 6.07 Å². The molecule has 1 unspecified atom stereocenters. The molecule has 4 rings (SSSR count). The summed E-state index contributed by atoms with van der Waals surface area (Å²) in [5.74, 6) is 1.41. The van der Waals surface area contributed by atoms with Crippen molar-refractivity contribution in [3.8, 4) is 17.3 Å². The molecular weight excluding hydrogens is 410 g/mol. The molecule has 170 valence electrons. The quantitative estimate of drug-likeness (QED) is 0.545. The Morgan fingerprint density at radius 3 is 2.52 bits per heavy atom. The summed E-state index contributed by atoms with van der Waals surface area (Å²) in [6.07, 6.45) is 0.900. The third-order valence-corrected chi connectivity index (χ3v) is 6.06. The molecule has 3 aromatic rings. The van der Waals surface area contributed by atoms with Crippen LogP contribution in [0.3, 0.4) is 0 Å². The van der Waals surface area contributed by atoms with Crippen molar-refractivity contribution in [2.24, 2.45) is 11.8 Å². The fourth-order valence-corrected chi connectivity index (χ4v) is 4.47. The Labute approximate surface area is 195 Å². The molecule has 0 saturated carbocycles. The third kappa shape index (κ3) is 4.83. The van der Waals surface area contributed by atoms with Crippen molar-refractivity contribution in [1.29, 1.82) is 5.26 Å². The van der Waals surface area contributed by atoms with Crippen LogP contribution in [-0.4, -0.2) is 46.5 Å². The van der Waals surface area contributed by atoms with Crippen LogP contribution < -0.4 is 4.90 Å². The van der Waals surface area contributed by atoms with Crippen LogP contribution in [-0.2, 0) is 4.79 Å². The SMILES string of the molecule is CC(C)CN(C(=O)C(C)C)C1CCN(c2nc3ccccc3nc2-c2cccc(C#N)c2)C1. The normalized spacial score (nSPS) is 15.9. The first-order valence-corrected chi connectivity index (χ1v) is 11.7. The fraction of sp³-hybridized carbons (Fsp3) is 0.407. The van der Waals surface area contributed by atoms with E-state index in [4.69, 9.17) is 9.97 Å². The summed E-state index contributed by atoms with van der Waals surface area (Å²) in [6, 6.07) is 17.7.